The molecule has 0 saturated carbocycles. The Hall–Kier alpha value is -1.02. The Bertz CT molecular complexity index is 439. The minimum atomic E-state index is 0. The molecule has 0 atom stereocenters. The lowest BCUT2D eigenvalue weighted by molar-refractivity contribution is 0.114. The van der Waals surface area contributed by atoms with Gasteiger partial charge in [-0.3, -0.25) is 4.99 Å². The van der Waals surface area contributed by atoms with Crippen molar-refractivity contribution in [3.8, 4) is 5.75 Å². The molecule has 2 N–H and O–H groups in total. The van der Waals surface area contributed by atoms with Crippen molar-refractivity contribution in [1.29, 1.82) is 0 Å². The van der Waals surface area contributed by atoms with E-state index in [-0.39, 0.29) is 24.0 Å². The van der Waals surface area contributed by atoms with E-state index in [4.69, 9.17) is 9.47 Å². The quantitative estimate of drug-likeness (QED) is 0.293. The molecule has 0 saturated heterocycles. The standard InChI is InChI=1S/C16H27N3O2.HI/c1-13(2)12-21-10-9-18-16(17-3)19-11-14-7-5-6-8-15(14)20-4;/h5-8,13H,9-12H2,1-4H3,(H2,17,18,19);1H. The molecule has 5 nitrogen and oxygen atoms in total. The number of benzene rings is 1. The number of hydrogen-bond acceptors (Lipinski definition) is 3. The molecule has 0 aliphatic rings. The minimum Gasteiger partial charge on any atom is -0.496 e. The molecule has 0 aromatic heterocycles. The van der Waals surface area contributed by atoms with Crippen molar-refractivity contribution in [1.82, 2.24) is 10.6 Å². The summed E-state index contributed by atoms with van der Waals surface area (Å²) in [6, 6.07) is 7.94. The minimum absolute atomic E-state index is 0. The molecule has 126 valence electrons. The fourth-order valence-corrected chi connectivity index (χ4v) is 1.81. The summed E-state index contributed by atoms with van der Waals surface area (Å²) in [6.07, 6.45) is 0. The smallest absolute Gasteiger partial charge is 0.191 e. The van der Waals surface area contributed by atoms with Crippen molar-refractivity contribution in [2.24, 2.45) is 10.9 Å². The summed E-state index contributed by atoms with van der Waals surface area (Å²) in [7, 11) is 3.44. The molecular formula is C16H28IN3O2. The van der Waals surface area contributed by atoms with E-state index in [0.717, 1.165) is 30.4 Å². The van der Waals surface area contributed by atoms with E-state index in [2.05, 4.69) is 29.5 Å². The molecule has 1 rings (SSSR count). The van der Waals surface area contributed by atoms with Gasteiger partial charge in [0, 0.05) is 32.3 Å². The summed E-state index contributed by atoms with van der Waals surface area (Å²) in [5.74, 6) is 2.20. The predicted molar refractivity (Wildman–Crippen MR) is 102 cm³/mol. The Balaban J connectivity index is 0.00000441. The molecule has 1 aromatic rings. The maximum absolute atomic E-state index is 5.52. The lowest BCUT2D eigenvalue weighted by atomic mass is 10.2. The average Bonchev–Trinajstić information content (AvgIpc) is 2.50. The van der Waals surface area contributed by atoms with Crippen LogP contribution in [0.25, 0.3) is 0 Å². The van der Waals surface area contributed by atoms with Gasteiger partial charge in [-0.05, 0) is 12.0 Å². The highest BCUT2D eigenvalue weighted by molar-refractivity contribution is 14.0. The molecule has 0 bridgehead atoms. The summed E-state index contributed by atoms with van der Waals surface area (Å²) in [5, 5.41) is 6.49. The van der Waals surface area contributed by atoms with Crippen molar-refractivity contribution >= 4 is 29.9 Å². The number of para-hydroxylation sites is 1. The molecule has 0 aliphatic carbocycles. The van der Waals surface area contributed by atoms with Gasteiger partial charge in [0.15, 0.2) is 5.96 Å². The number of hydrogen-bond donors (Lipinski definition) is 2. The number of rotatable bonds is 8. The second kappa shape index (κ2) is 12.5. The third-order valence-electron chi connectivity index (χ3n) is 2.85. The van der Waals surface area contributed by atoms with E-state index < -0.39 is 0 Å². The van der Waals surface area contributed by atoms with Gasteiger partial charge in [0.2, 0.25) is 0 Å². The lowest BCUT2D eigenvalue weighted by Crippen LogP contribution is -2.38. The first kappa shape index (κ1) is 21.0. The number of nitrogens with one attached hydrogen (secondary N) is 2. The third kappa shape index (κ3) is 8.43. The molecule has 0 fully saturated rings. The summed E-state index contributed by atoms with van der Waals surface area (Å²) >= 11 is 0. The van der Waals surface area contributed by atoms with E-state index in [1.807, 2.05) is 24.3 Å². The highest BCUT2D eigenvalue weighted by Crippen LogP contribution is 2.16. The van der Waals surface area contributed by atoms with Crippen molar-refractivity contribution in [2.45, 2.75) is 20.4 Å². The van der Waals surface area contributed by atoms with Crippen molar-refractivity contribution in [2.75, 3.05) is 33.9 Å². The van der Waals surface area contributed by atoms with Gasteiger partial charge in [0.1, 0.15) is 5.75 Å². The number of methoxy groups -OCH3 is 1. The zero-order chi connectivity index (χ0) is 15.5. The normalized spacial score (nSPS) is 11.0. The molecule has 1 aromatic carbocycles. The van der Waals surface area contributed by atoms with E-state index in [1.165, 1.54) is 0 Å². The Morgan fingerprint density at radius 1 is 1.23 bits per heavy atom. The summed E-state index contributed by atoms with van der Waals surface area (Å²) in [4.78, 5) is 4.19. The molecule has 6 heteroatoms. The van der Waals surface area contributed by atoms with Crippen LogP contribution < -0.4 is 15.4 Å². The molecule has 0 spiro atoms. The fraction of sp³-hybridized carbons (Fsp3) is 0.562. The second-order valence-corrected chi connectivity index (χ2v) is 5.13. The van der Waals surface area contributed by atoms with Gasteiger partial charge in [0.25, 0.3) is 0 Å². The van der Waals surface area contributed by atoms with Crippen molar-refractivity contribution in [3.63, 3.8) is 0 Å². The van der Waals surface area contributed by atoms with Crippen LogP contribution in [0, 0.1) is 5.92 Å². The average molecular weight is 421 g/mol. The van der Waals surface area contributed by atoms with Gasteiger partial charge in [-0.15, -0.1) is 24.0 Å². The topological polar surface area (TPSA) is 54.9 Å². The van der Waals surface area contributed by atoms with Crippen LogP contribution in [0.4, 0.5) is 0 Å². The first-order chi connectivity index (χ1) is 10.2. The monoisotopic (exact) mass is 421 g/mol. The highest BCUT2D eigenvalue weighted by atomic mass is 127. The summed E-state index contributed by atoms with van der Waals surface area (Å²) < 4.78 is 10.9. The Morgan fingerprint density at radius 3 is 2.59 bits per heavy atom. The zero-order valence-corrected chi connectivity index (χ0v) is 16.2. The molecule has 0 unspecified atom stereocenters. The predicted octanol–water partition coefficient (Wildman–Crippen LogP) is 2.65. The first-order valence-corrected chi connectivity index (χ1v) is 7.31. The highest BCUT2D eigenvalue weighted by Gasteiger charge is 2.03. The van der Waals surface area contributed by atoms with Gasteiger partial charge in [-0.1, -0.05) is 32.0 Å². The van der Waals surface area contributed by atoms with Gasteiger partial charge < -0.3 is 20.1 Å². The molecule has 0 amide bonds. The Kier molecular flexibility index (Phi) is 11.9. The van der Waals surface area contributed by atoms with Gasteiger partial charge in [-0.2, -0.15) is 0 Å². The first-order valence-electron chi connectivity index (χ1n) is 7.31. The van der Waals surface area contributed by atoms with Gasteiger partial charge in [0.05, 0.1) is 13.7 Å². The number of halogens is 1. The van der Waals surface area contributed by atoms with E-state index in [0.29, 0.717) is 19.1 Å². The van der Waals surface area contributed by atoms with Crippen molar-refractivity contribution in [3.05, 3.63) is 29.8 Å². The number of ether oxygens (including phenoxy) is 2. The lowest BCUT2D eigenvalue weighted by Gasteiger charge is -2.14. The molecular weight excluding hydrogens is 393 g/mol. The van der Waals surface area contributed by atoms with Crippen LogP contribution in [0.1, 0.15) is 19.4 Å². The maximum Gasteiger partial charge on any atom is 0.191 e. The molecule has 22 heavy (non-hydrogen) atoms. The van der Waals surface area contributed by atoms with Gasteiger partial charge in [-0.25, -0.2) is 0 Å². The van der Waals surface area contributed by atoms with E-state index in [9.17, 15) is 0 Å². The van der Waals surface area contributed by atoms with E-state index >= 15 is 0 Å². The second-order valence-electron chi connectivity index (χ2n) is 5.13. The molecule has 0 aliphatic heterocycles. The van der Waals surface area contributed by atoms with E-state index in [1.54, 1.807) is 14.2 Å². The SMILES string of the molecule is CN=C(NCCOCC(C)C)NCc1ccccc1OC.I. The van der Waals surface area contributed by atoms with Crippen LogP contribution in [-0.4, -0.2) is 39.9 Å². The number of guanidine groups is 1. The Morgan fingerprint density at radius 2 is 1.95 bits per heavy atom. The number of aliphatic imine (C=N–C) groups is 1. The summed E-state index contributed by atoms with van der Waals surface area (Å²) in [5.41, 5.74) is 1.10. The van der Waals surface area contributed by atoms with Crippen LogP contribution >= 0.6 is 24.0 Å². The molecule has 0 heterocycles. The van der Waals surface area contributed by atoms with Crippen LogP contribution in [0.15, 0.2) is 29.3 Å². The fourth-order valence-electron chi connectivity index (χ4n) is 1.81. The number of nitrogens with zero attached hydrogens (tertiary/aromatic N) is 1. The largest absolute Gasteiger partial charge is 0.496 e. The maximum atomic E-state index is 5.52. The van der Waals surface area contributed by atoms with Crippen molar-refractivity contribution < 1.29 is 9.47 Å². The Labute approximate surface area is 150 Å². The van der Waals surface area contributed by atoms with Gasteiger partial charge >= 0.3 is 0 Å². The van der Waals surface area contributed by atoms with Crippen LogP contribution in [0.5, 0.6) is 5.75 Å². The third-order valence-corrected chi connectivity index (χ3v) is 2.85. The van der Waals surface area contributed by atoms with Crippen LogP contribution in [0.2, 0.25) is 0 Å². The van der Waals surface area contributed by atoms with Crippen LogP contribution in [0.3, 0.4) is 0 Å². The zero-order valence-electron chi connectivity index (χ0n) is 13.9. The van der Waals surface area contributed by atoms with Crippen LogP contribution in [-0.2, 0) is 11.3 Å². The molecule has 0 radical (unpaired) electrons. The summed E-state index contributed by atoms with van der Waals surface area (Å²) in [6.45, 7) is 7.14.